The molecule has 0 atom stereocenters. The second-order valence-corrected chi connectivity index (χ2v) is 8.73. The molecular formula is C26H18BrN3O2S. The number of allylic oxidation sites excluding steroid dienone is 1. The average molecular weight is 516 g/mol. The van der Waals surface area contributed by atoms with Gasteiger partial charge in [0.15, 0.2) is 6.61 Å². The predicted octanol–water partition coefficient (Wildman–Crippen LogP) is 6.65. The van der Waals surface area contributed by atoms with Crippen LogP contribution >= 0.6 is 27.3 Å². The molecule has 0 bridgehead atoms. The Kier molecular flexibility index (Phi) is 7.30. The Balaban J connectivity index is 1.50. The molecule has 4 rings (SSSR count). The molecule has 0 fully saturated rings. The molecule has 3 aromatic carbocycles. The van der Waals surface area contributed by atoms with Gasteiger partial charge in [0.25, 0.3) is 5.91 Å². The number of para-hydroxylation sites is 2. The molecule has 5 nitrogen and oxygen atoms in total. The molecule has 0 aliphatic carbocycles. The lowest BCUT2D eigenvalue weighted by molar-refractivity contribution is -0.118. The van der Waals surface area contributed by atoms with E-state index in [9.17, 15) is 10.1 Å². The summed E-state index contributed by atoms with van der Waals surface area (Å²) in [5, 5.41) is 15.1. The van der Waals surface area contributed by atoms with Crippen LogP contribution in [0.4, 0.5) is 5.69 Å². The smallest absolute Gasteiger partial charge is 0.262 e. The number of nitrogens with zero attached hydrogens (tertiary/aromatic N) is 2. The Morgan fingerprint density at radius 1 is 1.06 bits per heavy atom. The normalized spacial score (nSPS) is 11.0. The Morgan fingerprint density at radius 2 is 1.79 bits per heavy atom. The second kappa shape index (κ2) is 10.7. The summed E-state index contributed by atoms with van der Waals surface area (Å²) in [6, 6.07) is 26.6. The lowest BCUT2D eigenvalue weighted by atomic mass is 10.1. The van der Waals surface area contributed by atoms with Gasteiger partial charge in [-0.25, -0.2) is 4.98 Å². The summed E-state index contributed by atoms with van der Waals surface area (Å²) in [4.78, 5) is 16.9. The van der Waals surface area contributed by atoms with Crippen LogP contribution < -0.4 is 10.1 Å². The SMILES string of the molecule is N#C/C(=C\c1ccccc1OCC(=O)Nc1ccccc1)c1nc(-c2ccc(Br)cc2)cs1. The number of hydrogen-bond acceptors (Lipinski definition) is 5. The molecule has 33 heavy (non-hydrogen) atoms. The molecule has 0 saturated heterocycles. The third kappa shape index (κ3) is 5.95. The highest BCUT2D eigenvalue weighted by Crippen LogP contribution is 2.30. The Morgan fingerprint density at radius 3 is 2.55 bits per heavy atom. The van der Waals surface area contributed by atoms with Crippen LogP contribution in [0.5, 0.6) is 5.75 Å². The maximum atomic E-state index is 12.2. The third-order valence-electron chi connectivity index (χ3n) is 4.63. The number of hydrogen-bond donors (Lipinski definition) is 1. The van der Waals surface area contributed by atoms with Crippen molar-refractivity contribution in [1.29, 1.82) is 5.26 Å². The van der Waals surface area contributed by atoms with E-state index in [4.69, 9.17) is 4.74 Å². The summed E-state index contributed by atoms with van der Waals surface area (Å²) in [7, 11) is 0. The van der Waals surface area contributed by atoms with Crippen molar-refractivity contribution in [1.82, 2.24) is 4.98 Å². The van der Waals surface area contributed by atoms with Crippen LogP contribution in [0.3, 0.4) is 0 Å². The number of carbonyl (C=O) groups excluding carboxylic acids is 1. The molecule has 0 saturated carbocycles. The fourth-order valence-electron chi connectivity index (χ4n) is 3.04. The molecular weight excluding hydrogens is 498 g/mol. The molecule has 1 N–H and O–H groups in total. The van der Waals surface area contributed by atoms with Crippen LogP contribution in [-0.4, -0.2) is 17.5 Å². The zero-order chi connectivity index (χ0) is 23.0. The molecule has 0 aliphatic rings. The van der Waals surface area contributed by atoms with Gasteiger partial charge in [-0.3, -0.25) is 4.79 Å². The Bertz CT molecular complexity index is 1330. The van der Waals surface area contributed by atoms with Crippen molar-refractivity contribution in [2.45, 2.75) is 0 Å². The number of carbonyl (C=O) groups is 1. The number of amides is 1. The molecule has 1 heterocycles. The highest BCUT2D eigenvalue weighted by atomic mass is 79.9. The van der Waals surface area contributed by atoms with E-state index in [0.29, 0.717) is 27.6 Å². The van der Waals surface area contributed by atoms with Gasteiger partial charge in [-0.2, -0.15) is 5.26 Å². The van der Waals surface area contributed by atoms with Crippen molar-refractivity contribution in [2.75, 3.05) is 11.9 Å². The lowest BCUT2D eigenvalue weighted by Gasteiger charge is -2.10. The van der Waals surface area contributed by atoms with E-state index < -0.39 is 0 Å². The van der Waals surface area contributed by atoms with Gasteiger partial charge >= 0.3 is 0 Å². The molecule has 0 radical (unpaired) electrons. The highest BCUT2D eigenvalue weighted by molar-refractivity contribution is 9.10. The van der Waals surface area contributed by atoms with Crippen molar-refractivity contribution in [3.05, 3.63) is 99.3 Å². The van der Waals surface area contributed by atoms with Gasteiger partial charge in [-0.1, -0.05) is 64.5 Å². The van der Waals surface area contributed by atoms with Crippen LogP contribution in [0.1, 0.15) is 10.6 Å². The number of thiazole rings is 1. The van der Waals surface area contributed by atoms with Crippen molar-refractivity contribution in [3.8, 4) is 23.1 Å². The summed E-state index contributed by atoms with van der Waals surface area (Å²) in [5.74, 6) is 0.248. The largest absolute Gasteiger partial charge is 0.483 e. The topological polar surface area (TPSA) is 75.0 Å². The maximum Gasteiger partial charge on any atom is 0.262 e. The number of aromatic nitrogens is 1. The minimum Gasteiger partial charge on any atom is -0.483 e. The van der Waals surface area contributed by atoms with Crippen molar-refractivity contribution in [2.24, 2.45) is 0 Å². The first-order chi connectivity index (χ1) is 16.1. The van der Waals surface area contributed by atoms with Crippen molar-refractivity contribution < 1.29 is 9.53 Å². The van der Waals surface area contributed by atoms with E-state index in [1.54, 1.807) is 12.1 Å². The zero-order valence-electron chi connectivity index (χ0n) is 17.4. The minimum atomic E-state index is -0.264. The van der Waals surface area contributed by atoms with Gasteiger partial charge in [-0.15, -0.1) is 11.3 Å². The summed E-state index contributed by atoms with van der Waals surface area (Å²) >= 11 is 4.84. The van der Waals surface area contributed by atoms with Crippen LogP contribution in [0.25, 0.3) is 22.9 Å². The molecule has 4 aromatic rings. The van der Waals surface area contributed by atoms with Gasteiger partial charge in [0.1, 0.15) is 16.8 Å². The van der Waals surface area contributed by atoms with Crippen molar-refractivity contribution in [3.63, 3.8) is 0 Å². The quantitative estimate of drug-likeness (QED) is 0.279. The number of nitrogens with one attached hydrogen (secondary N) is 1. The second-order valence-electron chi connectivity index (χ2n) is 6.96. The van der Waals surface area contributed by atoms with E-state index in [0.717, 1.165) is 15.7 Å². The Labute approximate surface area is 204 Å². The molecule has 0 aliphatic heterocycles. The van der Waals surface area contributed by atoms with E-state index in [1.807, 2.05) is 78.2 Å². The maximum absolute atomic E-state index is 12.2. The van der Waals surface area contributed by atoms with Gasteiger partial charge in [0, 0.05) is 26.7 Å². The fraction of sp³-hybridized carbons (Fsp3) is 0.0385. The van der Waals surface area contributed by atoms with Crippen LogP contribution in [0.2, 0.25) is 0 Å². The highest BCUT2D eigenvalue weighted by Gasteiger charge is 2.12. The minimum absolute atomic E-state index is 0.146. The monoisotopic (exact) mass is 515 g/mol. The number of halogens is 1. The van der Waals surface area contributed by atoms with E-state index >= 15 is 0 Å². The molecule has 0 spiro atoms. The summed E-state index contributed by atoms with van der Waals surface area (Å²) in [6.45, 7) is -0.146. The fourth-order valence-corrected chi connectivity index (χ4v) is 4.10. The van der Waals surface area contributed by atoms with Gasteiger partial charge < -0.3 is 10.1 Å². The van der Waals surface area contributed by atoms with E-state index in [1.165, 1.54) is 11.3 Å². The molecule has 0 unspecified atom stereocenters. The van der Waals surface area contributed by atoms with Crippen LogP contribution in [0, 0.1) is 11.3 Å². The molecule has 1 amide bonds. The summed E-state index contributed by atoms with van der Waals surface area (Å²) < 4.78 is 6.74. The lowest BCUT2D eigenvalue weighted by Crippen LogP contribution is -2.20. The summed E-state index contributed by atoms with van der Waals surface area (Å²) in [6.07, 6.45) is 1.73. The van der Waals surface area contributed by atoms with Crippen LogP contribution in [0.15, 0.2) is 88.7 Å². The number of rotatable bonds is 7. The standard InChI is InChI=1S/C26H18BrN3O2S/c27-21-12-10-18(11-13-21)23-17-33-26(30-23)20(15-28)14-19-6-4-5-9-24(19)32-16-25(31)29-22-7-2-1-3-8-22/h1-14,17H,16H2,(H,29,31)/b20-14+. The van der Waals surface area contributed by atoms with Crippen molar-refractivity contribution >= 4 is 50.5 Å². The van der Waals surface area contributed by atoms with E-state index in [-0.39, 0.29) is 12.5 Å². The third-order valence-corrected chi connectivity index (χ3v) is 6.03. The number of benzene rings is 3. The molecule has 162 valence electrons. The number of ether oxygens (including phenoxy) is 1. The van der Waals surface area contributed by atoms with E-state index in [2.05, 4.69) is 32.3 Å². The first-order valence-corrected chi connectivity index (χ1v) is 11.7. The first kappa shape index (κ1) is 22.5. The molecule has 1 aromatic heterocycles. The number of anilines is 1. The zero-order valence-corrected chi connectivity index (χ0v) is 19.8. The molecule has 7 heteroatoms. The Hall–Kier alpha value is -3.73. The first-order valence-electron chi connectivity index (χ1n) is 10.0. The van der Waals surface area contributed by atoms with Crippen LogP contribution in [-0.2, 0) is 4.79 Å². The summed E-state index contributed by atoms with van der Waals surface area (Å²) in [5.41, 5.74) is 3.61. The number of nitriles is 1. The van der Waals surface area contributed by atoms with Gasteiger partial charge in [0.2, 0.25) is 0 Å². The van der Waals surface area contributed by atoms with Gasteiger partial charge in [-0.05, 0) is 36.4 Å². The predicted molar refractivity (Wildman–Crippen MR) is 136 cm³/mol. The average Bonchev–Trinajstić information content (AvgIpc) is 3.33. The van der Waals surface area contributed by atoms with Gasteiger partial charge in [0.05, 0.1) is 11.3 Å².